The average molecular weight is 173 g/mol. The summed E-state index contributed by atoms with van der Waals surface area (Å²) in [5, 5.41) is 0. The molecule has 0 aliphatic heterocycles. The second-order valence-electron chi connectivity index (χ2n) is 1.71. The number of hydrogen-bond acceptors (Lipinski definition) is 1. The molecule has 0 amide bonds. The third-order valence-corrected chi connectivity index (χ3v) is 1.81. The largest absolute Gasteiger partial charge is 0.285 e. The summed E-state index contributed by atoms with van der Waals surface area (Å²) in [5.74, 6) is -1.58. The van der Waals surface area contributed by atoms with E-state index in [2.05, 4.69) is 0 Å². The quantitative estimate of drug-likeness (QED) is 0.553. The van der Waals surface area contributed by atoms with E-state index in [9.17, 15) is 4.57 Å². The van der Waals surface area contributed by atoms with Crippen LogP contribution in [0.3, 0.4) is 0 Å². The Kier molecular flexibility index (Phi) is 3.11. The standard InChI is InChI=1S/C4H7Cl2OP/c1-4(2)3-8(5,6)7/h3H,1-2H3. The zero-order valence-electron chi connectivity index (χ0n) is 4.69. The maximum absolute atomic E-state index is 10.5. The van der Waals surface area contributed by atoms with E-state index in [4.69, 9.17) is 22.5 Å². The van der Waals surface area contributed by atoms with Crippen molar-refractivity contribution >= 4 is 28.3 Å². The summed E-state index contributed by atoms with van der Waals surface area (Å²) >= 11 is 10.3. The van der Waals surface area contributed by atoms with Crippen molar-refractivity contribution in [2.75, 3.05) is 0 Å². The van der Waals surface area contributed by atoms with Gasteiger partial charge < -0.3 is 0 Å². The van der Waals surface area contributed by atoms with Gasteiger partial charge in [-0.2, -0.15) is 0 Å². The van der Waals surface area contributed by atoms with Crippen LogP contribution in [0.25, 0.3) is 0 Å². The predicted octanol–water partition coefficient (Wildman–Crippen LogP) is 3.58. The van der Waals surface area contributed by atoms with Gasteiger partial charge in [-0.25, -0.2) is 0 Å². The molecule has 0 atom stereocenters. The number of allylic oxidation sites excluding steroid dienone is 1. The molecule has 1 nitrogen and oxygen atoms in total. The van der Waals surface area contributed by atoms with Crippen molar-refractivity contribution in [3.8, 4) is 0 Å². The highest BCUT2D eigenvalue weighted by atomic mass is 35.9. The minimum Gasteiger partial charge on any atom is -0.285 e. The summed E-state index contributed by atoms with van der Waals surface area (Å²) in [7, 11) is 0. The topological polar surface area (TPSA) is 17.1 Å². The first kappa shape index (κ1) is 8.55. The van der Waals surface area contributed by atoms with E-state index in [0.717, 1.165) is 5.57 Å². The van der Waals surface area contributed by atoms with Crippen molar-refractivity contribution in [2.24, 2.45) is 0 Å². The summed E-state index contributed by atoms with van der Waals surface area (Å²) in [5.41, 5.74) is 0.873. The summed E-state index contributed by atoms with van der Waals surface area (Å²) in [6.07, 6.45) is 0. The molecular weight excluding hydrogens is 166 g/mol. The van der Waals surface area contributed by atoms with Crippen LogP contribution in [0.4, 0.5) is 0 Å². The molecule has 0 heterocycles. The molecule has 0 spiro atoms. The molecule has 48 valence electrons. The Labute approximate surface area is 58.6 Å². The number of rotatable bonds is 1. The van der Waals surface area contributed by atoms with Crippen molar-refractivity contribution < 1.29 is 4.57 Å². The maximum atomic E-state index is 10.5. The highest BCUT2D eigenvalue weighted by Gasteiger charge is 2.06. The number of hydrogen-bond donors (Lipinski definition) is 0. The highest BCUT2D eigenvalue weighted by Crippen LogP contribution is 2.58. The second-order valence-corrected chi connectivity index (χ2v) is 6.50. The lowest BCUT2D eigenvalue weighted by molar-refractivity contribution is 0.597. The fourth-order valence-corrected chi connectivity index (χ4v) is 2.07. The third kappa shape index (κ3) is 6.55. The maximum Gasteiger partial charge on any atom is 0.274 e. The first-order valence-corrected chi connectivity index (χ1v) is 5.65. The molecule has 0 aliphatic carbocycles. The summed E-state index contributed by atoms with van der Waals surface area (Å²) in [6.45, 7) is 3.58. The van der Waals surface area contributed by atoms with Gasteiger partial charge in [0.1, 0.15) is 0 Å². The Balaban J connectivity index is 4.11. The monoisotopic (exact) mass is 172 g/mol. The molecule has 0 saturated carbocycles. The van der Waals surface area contributed by atoms with Gasteiger partial charge in [-0.1, -0.05) is 5.57 Å². The van der Waals surface area contributed by atoms with Crippen LogP contribution in [0, 0.1) is 0 Å². The summed E-state index contributed by atoms with van der Waals surface area (Å²) < 4.78 is 10.5. The van der Waals surface area contributed by atoms with E-state index in [0.29, 0.717) is 0 Å². The minimum atomic E-state index is -2.94. The first-order valence-electron chi connectivity index (χ1n) is 2.07. The molecule has 0 rings (SSSR count). The summed E-state index contributed by atoms with van der Waals surface area (Å²) in [4.78, 5) is 0. The molecular formula is C4H7Cl2OP. The Bertz CT molecular complexity index is 142. The van der Waals surface area contributed by atoms with Gasteiger partial charge in [-0.05, 0) is 36.3 Å². The van der Waals surface area contributed by atoms with Crippen molar-refractivity contribution in [3.05, 3.63) is 11.4 Å². The van der Waals surface area contributed by atoms with Crippen molar-refractivity contribution in [2.45, 2.75) is 13.8 Å². The van der Waals surface area contributed by atoms with Gasteiger partial charge in [0.25, 0.3) is 5.85 Å². The molecule has 0 fully saturated rings. The normalized spacial score (nSPS) is 11.0. The zero-order valence-corrected chi connectivity index (χ0v) is 7.10. The second kappa shape index (κ2) is 2.91. The minimum absolute atomic E-state index is 0.873. The fourth-order valence-electron chi connectivity index (χ4n) is 0.301. The molecule has 4 heteroatoms. The Morgan fingerprint density at radius 2 is 1.88 bits per heavy atom. The lowest BCUT2D eigenvalue weighted by Crippen LogP contribution is -1.57. The van der Waals surface area contributed by atoms with E-state index in [1.807, 2.05) is 0 Å². The van der Waals surface area contributed by atoms with E-state index >= 15 is 0 Å². The van der Waals surface area contributed by atoms with Crippen molar-refractivity contribution in [3.63, 3.8) is 0 Å². The van der Waals surface area contributed by atoms with Crippen LogP contribution in [0.15, 0.2) is 11.4 Å². The highest BCUT2D eigenvalue weighted by molar-refractivity contribution is 8.10. The van der Waals surface area contributed by atoms with Gasteiger partial charge >= 0.3 is 0 Å². The third-order valence-electron chi connectivity index (χ3n) is 0.408. The molecule has 0 N–H and O–H groups in total. The van der Waals surface area contributed by atoms with Crippen LogP contribution in [0.2, 0.25) is 0 Å². The van der Waals surface area contributed by atoms with Gasteiger partial charge in [0.2, 0.25) is 0 Å². The smallest absolute Gasteiger partial charge is 0.274 e. The van der Waals surface area contributed by atoms with Gasteiger partial charge in [0.05, 0.1) is 0 Å². The van der Waals surface area contributed by atoms with Crippen molar-refractivity contribution in [1.29, 1.82) is 0 Å². The predicted molar refractivity (Wildman–Crippen MR) is 38.7 cm³/mol. The Morgan fingerprint density at radius 3 is 1.88 bits per heavy atom. The van der Waals surface area contributed by atoms with Gasteiger partial charge in [-0.3, -0.25) is 4.57 Å². The average Bonchev–Trinajstić information content (AvgIpc) is 1.21. The van der Waals surface area contributed by atoms with Crippen LogP contribution in [0.5, 0.6) is 0 Å². The fraction of sp³-hybridized carbons (Fsp3) is 0.500. The van der Waals surface area contributed by atoms with Crippen LogP contribution < -0.4 is 0 Å². The van der Waals surface area contributed by atoms with Crippen LogP contribution in [0.1, 0.15) is 13.8 Å². The number of halogens is 2. The Hall–Kier alpha value is 0.550. The van der Waals surface area contributed by atoms with E-state index in [1.54, 1.807) is 13.8 Å². The lowest BCUT2D eigenvalue weighted by Gasteiger charge is -1.90. The van der Waals surface area contributed by atoms with Gasteiger partial charge in [-0.15, -0.1) is 0 Å². The molecule has 0 aromatic heterocycles. The molecule has 0 aromatic carbocycles. The molecule has 0 radical (unpaired) electrons. The molecule has 0 unspecified atom stereocenters. The van der Waals surface area contributed by atoms with E-state index < -0.39 is 5.85 Å². The van der Waals surface area contributed by atoms with Gasteiger partial charge in [0.15, 0.2) is 0 Å². The van der Waals surface area contributed by atoms with Crippen LogP contribution in [-0.2, 0) is 4.57 Å². The van der Waals surface area contributed by atoms with Crippen LogP contribution >= 0.6 is 28.3 Å². The van der Waals surface area contributed by atoms with E-state index in [1.165, 1.54) is 5.82 Å². The SMILES string of the molecule is CC(C)=CP(=O)(Cl)Cl. The molecule has 0 bridgehead atoms. The molecule has 0 aliphatic rings. The summed E-state index contributed by atoms with van der Waals surface area (Å²) in [6, 6.07) is 0. The molecule has 0 aromatic rings. The molecule has 0 saturated heterocycles. The lowest BCUT2D eigenvalue weighted by atomic mass is 10.4. The van der Waals surface area contributed by atoms with Crippen LogP contribution in [-0.4, -0.2) is 0 Å². The van der Waals surface area contributed by atoms with E-state index in [-0.39, 0.29) is 0 Å². The molecule has 8 heavy (non-hydrogen) atoms. The van der Waals surface area contributed by atoms with Gasteiger partial charge in [0, 0.05) is 5.82 Å². The first-order chi connectivity index (χ1) is 3.42. The zero-order chi connectivity index (χ0) is 6.78. The van der Waals surface area contributed by atoms with Crippen molar-refractivity contribution in [1.82, 2.24) is 0 Å². The Morgan fingerprint density at radius 1 is 1.50 bits per heavy atom.